The van der Waals surface area contributed by atoms with Crippen LogP contribution in [0.1, 0.15) is 187 Å². The van der Waals surface area contributed by atoms with E-state index in [1.165, 1.54) is 89.9 Å². The van der Waals surface area contributed by atoms with Crippen LogP contribution in [0.15, 0.2) is 48.6 Å². The number of carboxylic acids is 1. The van der Waals surface area contributed by atoms with E-state index in [1.807, 2.05) is 0 Å². The van der Waals surface area contributed by atoms with Crippen molar-refractivity contribution in [2.75, 3.05) is 19.8 Å². The molecule has 0 aromatic rings. The fourth-order valence-electron chi connectivity index (χ4n) is 5.88. The number of allylic oxidation sites excluding steroid dienone is 8. The quantitative estimate of drug-likeness (QED) is 0.0232. The molecular formula is C45H80NO10P. The third-order valence-corrected chi connectivity index (χ3v) is 10.3. The van der Waals surface area contributed by atoms with Gasteiger partial charge in [0.15, 0.2) is 6.10 Å². The van der Waals surface area contributed by atoms with Gasteiger partial charge in [-0.3, -0.25) is 23.4 Å². The molecule has 0 aliphatic carbocycles. The van der Waals surface area contributed by atoms with Gasteiger partial charge in [0.1, 0.15) is 12.6 Å². The predicted molar refractivity (Wildman–Crippen MR) is 231 cm³/mol. The van der Waals surface area contributed by atoms with E-state index in [0.717, 1.165) is 57.8 Å². The summed E-state index contributed by atoms with van der Waals surface area (Å²) < 4.78 is 32.7. The van der Waals surface area contributed by atoms with Gasteiger partial charge in [0.2, 0.25) is 0 Å². The maximum absolute atomic E-state index is 12.6. The normalized spacial score (nSPS) is 14.2. The summed E-state index contributed by atoms with van der Waals surface area (Å²) in [4.78, 5) is 45.9. The number of rotatable bonds is 41. The van der Waals surface area contributed by atoms with Crippen LogP contribution in [0.4, 0.5) is 0 Å². The summed E-state index contributed by atoms with van der Waals surface area (Å²) in [6, 6.07) is -1.53. The molecule has 0 radical (unpaired) electrons. The monoisotopic (exact) mass is 826 g/mol. The van der Waals surface area contributed by atoms with Crippen molar-refractivity contribution in [2.45, 2.75) is 199 Å². The van der Waals surface area contributed by atoms with Crippen LogP contribution in [-0.2, 0) is 37.5 Å². The molecule has 0 fully saturated rings. The van der Waals surface area contributed by atoms with Crippen molar-refractivity contribution in [1.29, 1.82) is 0 Å². The minimum absolute atomic E-state index is 0.109. The maximum Gasteiger partial charge on any atom is 0.472 e. The number of hydrogen-bond donors (Lipinski definition) is 3. The molecule has 11 nitrogen and oxygen atoms in total. The molecular weight excluding hydrogens is 745 g/mol. The number of phosphoric acid groups is 1. The number of carbonyl (C=O) groups excluding carboxylic acids is 2. The first kappa shape index (κ1) is 54.4. The van der Waals surface area contributed by atoms with E-state index in [4.69, 9.17) is 24.8 Å². The van der Waals surface area contributed by atoms with Crippen molar-refractivity contribution >= 4 is 25.7 Å². The van der Waals surface area contributed by atoms with Gasteiger partial charge in [-0.25, -0.2) is 4.57 Å². The lowest BCUT2D eigenvalue weighted by molar-refractivity contribution is -0.161. The van der Waals surface area contributed by atoms with E-state index < -0.39 is 51.1 Å². The van der Waals surface area contributed by atoms with Crippen LogP contribution in [0.2, 0.25) is 0 Å². The minimum Gasteiger partial charge on any atom is -0.480 e. The van der Waals surface area contributed by atoms with Crippen molar-refractivity contribution in [2.24, 2.45) is 5.73 Å². The third-order valence-electron chi connectivity index (χ3n) is 9.34. The molecule has 1 unspecified atom stereocenters. The Hall–Kier alpha value is -2.56. The number of esters is 2. The third kappa shape index (κ3) is 40.0. The molecule has 0 aromatic heterocycles. The standard InChI is InChI=1S/C45H80NO10P/c1-3-5-7-9-11-13-15-17-19-20-21-23-24-26-28-30-32-34-36-43(47)53-38-41(39-54-57(51,52)55-40-42(46)45(49)50)56-44(48)37-35-33-31-29-27-25-22-18-16-14-12-10-8-6-4-2/h6,8,12,14,18,22,27,29,41-42H,3-5,7,9-11,13,15-17,19-21,23-26,28,30-40,46H2,1-2H3,(H,49,50)(H,51,52)/b8-6+,14-12+,22-18+,29-27+/t41-,42+/m1/s1. The highest BCUT2D eigenvalue weighted by molar-refractivity contribution is 7.47. The first-order chi connectivity index (χ1) is 27.6. The molecule has 0 aliphatic rings. The number of carbonyl (C=O) groups is 3. The molecule has 57 heavy (non-hydrogen) atoms. The van der Waals surface area contributed by atoms with E-state index in [-0.39, 0.29) is 19.4 Å². The lowest BCUT2D eigenvalue weighted by Crippen LogP contribution is -2.34. The Kier molecular flexibility index (Phi) is 38.4. The molecule has 0 aliphatic heterocycles. The Morgan fingerprint density at radius 2 is 0.982 bits per heavy atom. The Labute approximate surface area is 345 Å². The van der Waals surface area contributed by atoms with E-state index in [0.29, 0.717) is 12.8 Å². The predicted octanol–water partition coefficient (Wildman–Crippen LogP) is 11.8. The van der Waals surface area contributed by atoms with Crippen LogP contribution < -0.4 is 5.73 Å². The van der Waals surface area contributed by atoms with Crippen LogP contribution in [0.25, 0.3) is 0 Å². The molecule has 0 rings (SSSR count). The summed E-state index contributed by atoms with van der Waals surface area (Å²) in [6.07, 6.45) is 44.7. The second-order valence-electron chi connectivity index (χ2n) is 14.8. The number of phosphoric ester groups is 1. The SMILES string of the molecule is CC/C=C/C/C=C/C/C=C/C/C=C/CCCCC(=O)O[C@H](COC(=O)CCCCCCCCCCCCCCCCCCCC)COP(=O)(O)OC[C@H](N)C(=O)O. The highest BCUT2D eigenvalue weighted by Gasteiger charge is 2.28. The van der Waals surface area contributed by atoms with Crippen LogP contribution in [0.5, 0.6) is 0 Å². The summed E-state index contributed by atoms with van der Waals surface area (Å²) in [7, 11) is -4.73. The van der Waals surface area contributed by atoms with Crippen molar-refractivity contribution in [3.63, 3.8) is 0 Å². The first-order valence-electron chi connectivity index (χ1n) is 22.2. The van der Waals surface area contributed by atoms with Gasteiger partial charge in [-0.2, -0.15) is 0 Å². The van der Waals surface area contributed by atoms with Gasteiger partial charge in [-0.1, -0.05) is 172 Å². The topological polar surface area (TPSA) is 172 Å². The lowest BCUT2D eigenvalue weighted by Gasteiger charge is -2.20. The zero-order chi connectivity index (χ0) is 42.1. The van der Waals surface area contributed by atoms with Crippen LogP contribution in [-0.4, -0.2) is 59.9 Å². The Balaban J connectivity index is 4.38. The Bertz CT molecular complexity index is 1150. The number of nitrogens with two attached hydrogens (primary N) is 1. The van der Waals surface area contributed by atoms with E-state index >= 15 is 0 Å². The van der Waals surface area contributed by atoms with Crippen LogP contribution in [0.3, 0.4) is 0 Å². The number of unbranched alkanes of at least 4 members (excludes halogenated alkanes) is 19. The van der Waals surface area contributed by atoms with Gasteiger partial charge in [-0.15, -0.1) is 0 Å². The summed E-state index contributed by atoms with van der Waals surface area (Å²) >= 11 is 0. The Morgan fingerprint density at radius 1 is 0.561 bits per heavy atom. The van der Waals surface area contributed by atoms with Crippen molar-refractivity contribution in [3.8, 4) is 0 Å². The van der Waals surface area contributed by atoms with Crippen LogP contribution >= 0.6 is 7.82 Å². The molecule has 0 heterocycles. The zero-order valence-electron chi connectivity index (χ0n) is 35.7. The van der Waals surface area contributed by atoms with Gasteiger partial charge in [-0.05, 0) is 51.4 Å². The van der Waals surface area contributed by atoms with Gasteiger partial charge < -0.3 is 25.2 Å². The second-order valence-corrected chi connectivity index (χ2v) is 16.3. The zero-order valence-corrected chi connectivity index (χ0v) is 36.6. The van der Waals surface area contributed by atoms with Gasteiger partial charge in [0, 0.05) is 12.8 Å². The molecule has 0 amide bonds. The number of carboxylic acid groups (broad SMARTS) is 1. The molecule has 0 spiro atoms. The molecule has 12 heteroatoms. The van der Waals surface area contributed by atoms with Gasteiger partial charge in [0.05, 0.1) is 13.2 Å². The molecule has 0 aromatic carbocycles. The average Bonchev–Trinajstić information content (AvgIpc) is 3.19. The van der Waals surface area contributed by atoms with Crippen molar-refractivity contribution < 1.29 is 47.5 Å². The molecule has 3 atom stereocenters. The van der Waals surface area contributed by atoms with Crippen molar-refractivity contribution in [1.82, 2.24) is 0 Å². The summed E-state index contributed by atoms with van der Waals surface area (Å²) in [5.74, 6) is -2.43. The molecule has 0 saturated carbocycles. The highest BCUT2D eigenvalue weighted by Crippen LogP contribution is 2.43. The molecule has 0 bridgehead atoms. The summed E-state index contributed by atoms with van der Waals surface area (Å²) in [6.45, 7) is 2.66. The summed E-state index contributed by atoms with van der Waals surface area (Å²) in [5, 5.41) is 8.89. The molecule has 0 saturated heterocycles. The maximum atomic E-state index is 12.6. The van der Waals surface area contributed by atoms with Gasteiger partial charge >= 0.3 is 25.7 Å². The largest absolute Gasteiger partial charge is 0.480 e. The van der Waals surface area contributed by atoms with Crippen LogP contribution in [0, 0.1) is 0 Å². The van der Waals surface area contributed by atoms with Gasteiger partial charge in [0.25, 0.3) is 0 Å². The second kappa shape index (κ2) is 40.2. The molecule has 4 N–H and O–H groups in total. The first-order valence-corrected chi connectivity index (χ1v) is 23.7. The number of hydrogen-bond acceptors (Lipinski definition) is 9. The smallest absolute Gasteiger partial charge is 0.472 e. The fourth-order valence-corrected chi connectivity index (χ4v) is 6.66. The molecule has 330 valence electrons. The van der Waals surface area contributed by atoms with E-state index in [9.17, 15) is 23.8 Å². The fraction of sp³-hybridized carbons (Fsp3) is 0.756. The Morgan fingerprint density at radius 3 is 1.47 bits per heavy atom. The van der Waals surface area contributed by atoms with E-state index in [1.54, 1.807) is 0 Å². The van der Waals surface area contributed by atoms with Crippen molar-refractivity contribution in [3.05, 3.63) is 48.6 Å². The van der Waals surface area contributed by atoms with E-state index in [2.05, 4.69) is 67.0 Å². The lowest BCUT2D eigenvalue weighted by atomic mass is 10.0. The average molecular weight is 826 g/mol. The number of aliphatic carboxylic acids is 1. The number of ether oxygens (including phenoxy) is 2. The highest BCUT2D eigenvalue weighted by atomic mass is 31.2. The summed E-state index contributed by atoms with van der Waals surface area (Å²) in [5.41, 5.74) is 5.33. The minimum atomic E-state index is -4.73.